The second-order valence-electron chi connectivity index (χ2n) is 27.4. The molecule has 0 unspecified atom stereocenters. The first-order chi connectivity index (χ1) is 39.2. The Morgan fingerprint density at radius 2 is 0.720 bits per heavy atom. The molecule has 1 spiro atoms. The van der Waals surface area contributed by atoms with Gasteiger partial charge in [0.2, 0.25) is 0 Å². The standard InChI is InChI=1S/C79H72N2O/c1-75(2,3)50-29-37-54(38-30-50)80(55-39-31-51(32-40-55)76(4,5)6)69-48-68-72(61-24-14-13-23-60(61)69)64-47-63-49(45-67(64)79(68)65-26-18-15-21-58(65)59-22-16-19-27-66(59)79)46-70(73-62-25-17-20-28-71(62)82-74(63)73)81(56-41-33-52(34-42-56)77(7,8)9)57-43-35-53(36-44-57)78(10,11)12/h13-48H,1-12H3. The maximum atomic E-state index is 7.29. The van der Waals surface area contributed by atoms with Crippen LogP contribution in [0.4, 0.5) is 34.1 Å². The van der Waals surface area contributed by atoms with Crippen LogP contribution in [0, 0.1) is 0 Å². The van der Waals surface area contributed by atoms with Gasteiger partial charge in [0.15, 0.2) is 0 Å². The molecule has 0 N–H and O–H groups in total. The molecule has 14 rings (SSSR count). The van der Waals surface area contributed by atoms with Crippen LogP contribution in [0.2, 0.25) is 0 Å². The summed E-state index contributed by atoms with van der Waals surface area (Å²) in [5.41, 5.74) is 23.2. The highest BCUT2D eigenvalue weighted by Gasteiger charge is 2.53. The second kappa shape index (κ2) is 18.2. The monoisotopic (exact) mass is 1060 g/mol. The van der Waals surface area contributed by atoms with Crippen molar-refractivity contribution in [3.05, 3.63) is 263 Å². The van der Waals surface area contributed by atoms with Gasteiger partial charge in [0.25, 0.3) is 0 Å². The summed E-state index contributed by atoms with van der Waals surface area (Å²) in [6.45, 7) is 27.5. The molecule has 82 heavy (non-hydrogen) atoms. The third-order valence-corrected chi connectivity index (χ3v) is 18.1. The van der Waals surface area contributed by atoms with Gasteiger partial charge in [-0.2, -0.15) is 0 Å². The predicted molar refractivity (Wildman–Crippen MR) is 349 cm³/mol. The van der Waals surface area contributed by atoms with Gasteiger partial charge in [0.05, 0.1) is 22.2 Å². The van der Waals surface area contributed by atoms with Gasteiger partial charge >= 0.3 is 0 Å². The van der Waals surface area contributed by atoms with E-state index in [9.17, 15) is 0 Å². The van der Waals surface area contributed by atoms with E-state index in [4.69, 9.17) is 4.42 Å². The molecule has 2 aliphatic rings. The Labute approximate surface area is 484 Å². The number of hydrogen-bond donors (Lipinski definition) is 0. The van der Waals surface area contributed by atoms with Crippen molar-refractivity contribution in [3.63, 3.8) is 0 Å². The molecule has 12 aromatic rings. The molecule has 11 aromatic carbocycles. The molecule has 1 heterocycles. The molecule has 3 heteroatoms. The largest absolute Gasteiger partial charge is 0.455 e. The summed E-state index contributed by atoms with van der Waals surface area (Å²) in [5, 5.41) is 6.82. The Bertz CT molecular complexity index is 4350. The molecule has 0 bridgehead atoms. The predicted octanol–water partition coefficient (Wildman–Crippen LogP) is 22.4. The van der Waals surface area contributed by atoms with Crippen LogP contribution in [-0.4, -0.2) is 0 Å². The molecule has 0 radical (unpaired) electrons. The minimum Gasteiger partial charge on any atom is -0.455 e. The zero-order valence-electron chi connectivity index (χ0n) is 49.6. The summed E-state index contributed by atoms with van der Waals surface area (Å²) in [6, 6.07) is 83.3. The van der Waals surface area contributed by atoms with Crippen molar-refractivity contribution in [3.8, 4) is 22.3 Å². The zero-order valence-corrected chi connectivity index (χ0v) is 49.6. The summed E-state index contributed by atoms with van der Waals surface area (Å²) in [7, 11) is 0. The first-order valence-corrected chi connectivity index (χ1v) is 29.4. The summed E-state index contributed by atoms with van der Waals surface area (Å²) in [4.78, 5) is 4.99. The van der Waals surface area contributed by atoms with Gasteiger partial charge in [-0.25, -0.2) is 0 Å². The van der Waals surface area contributed by atoms with E-state index in [1.54, 1.807) is 0 Å². The van der Waals surface area contributed by atoms with Gasteiger partial charge < -0.3 is 14.2 Å². The highest BCUT2D eigenvalue weighted by atomic mass is 16.3. The third kappa shape index (κ3) is 7.90. The quantitative estimate of drug-likeness (QED) is 0.165. The van der Waals surface area contributed by atoms with Gasteiger partial charge in [-0.1, -0.05) is 223 Å². The van der Waals surface area contributed by atoms with Gasteiger partial charge in [0, 0.05) is 38.9 Å². The van der Waals surface area contributed by atoms with Crippen LogP contribution in [0.15, 0.2) is 223 Å². The Kier molecular flexibility index (Phi) is 11.4. The van der Waals surface area contributed by atoms with Crippen molar-refractivity contribution in [2.24, 2.45) is 0 Å². The normalized spacial score (nSPS) is 13.7. The number of hydrogen-bond acceptors (Lipinski definition) is 3. The van der Waals surface area contributed by atoms with Crippen LogP contribution in [0.5, 0.6) is 0 Å². The van der Waals surface area contributed by atoms with Crippen molar-refractivity contribution in [1.29, 1.82) is 0 Å². The summed E-state index contributed by atoms with van der Waals surface area (Å²) in [6.07, 6.45) is 0. The van der Waals surface area contributed by atoms with Crippen LogP contribution >= 0.6 is 0 Å². The number of furan rings is 1. The molecule has 0 atom stereocenters. The minimum absolute atomic E-state index is 0.000140. The summed E-state index contributed by atoms with van der Waals surface area (Å²) in [5.74, 6) is 0. The van der Waals surface area contributed by atoms with Crippen LogP contribution < -0.4 is 9.80 Å². The van der Waals surface area contributed by atoms with Gasteiger partial charge in [-0.05, 0) is 178 Å². The third-order valence-electron chi connectivity index (χ3n) is 18.1. The minimum atomic E-state index is -0.670. The van der Waals surface area contributed by atoms with E-state index in [-0.39, 0.29) is 21.7 Å². The number of rotatable bonds is 6. The molecule has 0 saturated heterocycles. The molecule has 0 amide bonds. The Morgan fingerprint density at radius 3 is 1.18 bits per heavy atom. The lowest BCUT2D eigenvalue weighted by molar-refractivity contribution is 0.590. The molecule has 1 aromatic heterocycles. The van der Waals surface area contributed by atoms with Crippen molar-refractivity contribution >= 4 is 77.6 Å². The van der Waals surface area contributed by atoms with Crippen LogP contribution in [-0.2, 0) is 27.1 Å². The Hall–Kier alpha value is -8.66. The Balaban J connectivity index is 1.10. The topological polar surface area (TPSA) is 19.6 Å². The van der Waals surface area contributed by atoms with Gasteiger partial charge in [-0.15, -0.1) is 0 Å². The van der Waals surface area contributed by atoms with E-state index < -0.39 is 5.41 Å². The van der Waals surface area contributed by atoms with Crippen molar-refractivity contribution < 1.29 is 4.42 Å². The maximum absolute atomic E-state index is 7.29. The highest BCUT2D eigenvalue weighted by Crippen LogP contribution is 2.66. The lowest BCUT2D eigenvalue weighted by Gasteiger charge is -2.33. The summed E-state index contributed by atoms with van der Waals surface area (Å²) >= 11 is 0. The van der Waals surface area contributed by atoms with E-state index >= 15 is 0 Å². The molecule has 0 fully saturated rings. The number of anilines is 6. The van der Waals surface area contributed by atoms with Crippen LogP contribution in [0.25, 0.3) is 65.7 Å². The Morgan fingerprint density at radius 1 is 0.317 bits per heavy atom. The van der Waals surface area contributed by atoms with Gasteiger partial charge in [-0.3, -0.25) is 0 Å². The smallest absolute Gasteiger partial charge is 0.145 e. The maximum Gasteiger partial charge on any atom is 0.145 e. The molecule has 0 aliphatic heterocycles. The highest BCUT2D eigenvalue weighted by molar-refractivity contribution is 6.24. The molecular weight excluding hydrogens is 993 g/mol. The zero-order chi connectivity index (χ0) is 56.8. The second-order valence-corrected chi connectivity index (χ2v) is 27.4. The average Bonchev–Trinajstić information content (AvgIpc) is 2.03. The molecule has 0 saturated carbocycles. The van der Waals surface area contributed by atoms with E-state index in [1.807, 2.05) is 0 Å². The molecule has 404 valence electrons. The van der Waals surface area contributed by atoms with Crippen LogP contribution in [0.1, 0.15) is 128 Å². The van der Waals surface area contributed by atoms with E-state index in [0.29, 0.717) is 0 Å². The van der Waals surface area contributed by atoms with E-state index in [0.717, 1.165) is 66.8 Å². The SMILES string of the molecule is CC(C)(C)c1ccc(N(c2ccc(C(C)(C)C)cc2)c2cc3c(c4ccccc24)-c2cc4c(cc2C32c3ccccc3-c3ccccc32)cc(N(c2ccc(C(C)(C)C)cc2)c2ccc(C(C)(C)C)cc2)c2c3ccccc3oc42)cc1. The number of para-hydroxylation sites is 1. The van der Waals surface area contributed by atoms with Crippen LogP contribution in [0.3, 0.4) is 0 Å². The summed E-state index contributed by atoms with van der Waals surface area (Å²) < 4.78 is 7.29. The molecule has 2 aliphatic carbocycles. The first kappa shape index (κ1) is 51.5. The average molecular weight is 1070 g/mol. The van der Waals surface area contributed by atoms with Crippen molar-refractivity contribution in [2.75, 3.05) is 9.80 Å². The van der Waals surface area contributed by atoms with Gasteiger partial charge in [0.1, 0.15) is 11.2 Å². The number of benzene rings is 11. The molecular formula is C79H72N2O. The fraction of sp³-hybridized carbons (Fsp3) is 0.215. The first-order valence-electron chi connectivity index (χ1n) is 29.4. The van der Waals surface area contributed by atoms with Crippen molar-refractivity contribution in [2.45, 2.75) is 110 Å². The number of nitrogens with zero attached hydrogens (tertiary/aromatic N) is 2. The van der Waals surface area contributed by atoms with Crippen molar-refractivity contribution in [1.82, 2.24) is 0 Å². The molecule has 3 nitrogen and oxygen atoms in total. The van der Waals surface area contributed by atoms with E-state index in [2.05, 4.69) is 311 Å². The fourth-order valence-corrected chi connectivity index (χ4v) is 13.7. The lowest BCUT2D eigenvalue weighted by atomic mass is 9.70. The number of fused-ring (bicyclic) bond motifs is 17. The fourth-order valence-electron chi connectivity index (χ4n) is 13.7. The lowest BCUT2D eigenvalue weighted by Crippen LogP contribution is -2.26. The van der Waals surface area contributed by atoms with E-state index in [1.165, 1.54) is 77.5 Å².